The Kier molecular flexibility index (Phi) is 5.27. The number of fused-ring (bicyclic) bond motifs is 1. The number of ketones is 1. The summed E-state index contributed by atoms with van der Waals surface area (Å²) in [5.74, 6) is 0.0861. The highest BCUT2D eigenvalue weighted by molar-refractivity contribution is 6.10. The molecule has 0 radical (unpaired) electrons. The molecule has 2 N–H and O–H groups in total. The lowest BCUT2D eigenvalue weighted by Gasteiger charge is -2.14. The zero-order chi connectivity index (χ0) is 24.0. The lowest BCUT2D eigenvalue weighted by atomic mass is 9.98. The number of aromatic amines is 2. The van der Waals surface area contributed by atoms with Gasteiger partial charge < -0.3 is 14.9 Å². The minimum absolute atomic E-state index is 0.0716. The molecule has 1 aliphatic heterocycles. The number of rotatable bonds is 4. The molecule has 174 valence electrons. The van der Waals surface area contributed by atoms with Crippen LogP contribution in [0.2, 0.25) is 0 Å². The van der Waals surface area contributed by atoms with Gasteiger partial charge in [-0.3, -0.25) is 9.59 Å². The van der Waals surface area contributed by atoms with Crippen molar-refractivity contribution in [3.05, 3.63) is 77.0 Å². The molecule has 1 atom stereocenters. The van der Waals surface area contributed by atoms with Gasteiger partial charge in [0.1, 0.15) is 0 Å². The number of carbonyl (C=O) groups is 2. The van der Waals surface area contributed by atoms with Crippen LogP contribution in [0.5, 0.6) is 0 Å². The first kappa shape index (κ1) is 21.9. The first-order valence-corrected chi connectivity index (χ1v) is 10.9. The van der Waals surface area contributed by atoms with Gasteiger partial charge in [-0.15, -0.1) is 0 Å². The monoisotopic (exact) mass is 466 g/mol. The zero-order valence-corrected chi connectivity index (χ0v) is 18.2. The third-order valence-electron chi connectivity index (χ3n) is 6.29. The van der Waals surface area contributed by atoms with Crippen LogP contribution < -0.4 is 0 Å². The molecule has 1 amide bonds. The van der Waals surface area contributed by atoms with Crippen molar-refractivity contribution >= 4 is 22.7 Å². The summed E-state index contributed by atoms with van der Waals surface area (Å²) >= 11 is 0. The Balaban J connectivity index is 1.41. The number of imidazole rings is 1. The van der Waals surface area contributed by atoms with E-state index in [1.807, 2.05) is 23.1 Å². The summed E-state index contributed by atoms with van der Waals surface area (Å²) in [6.07, 6.45) is -2.34. The van der Waals surface area contributed by atoms with Crippen molar-refractivity contribution in [1.82, 2.24) is 19.9 Å². The van der Waals surface area contributed by atoms with E-state index in [0.717, 1.165) is 35.6 Å². The maximum absolute atomic E-state index is 13.3. The van der Waals surface area contributed by atoms with Crippen LogP contribution >= 0.6 is 0 Å². The number of halogens is 3. The fourth-order valence-electron chi connectivity index (χ4n) is 4.47. The molecule has 9 heteroatoms. The van der Waals surface area contributed by atoms with Gasteiger partial charge in [0.05, 0.1) is 22.3 Å². The third-order valence-corrected chi connectivity index (χ3v) is 6.29. The van der Waals surface area contributed by atoms with Crippen LogP contribution in [-0.2, 0) is 11.0 Å². The minimum atomic E-state index is -4.62. The van der Waals surface area contributed by atoms with Crippen LogP contribution in [0.4, 0.5) is 13.2 Å². The van der Waals surface area contributed by atoms with E-state index in [1.165, 1.54) is 30.5 Å². The van der Waals surface area contributed by atoms with E-state index >= 15 is 0 Å². The third kappa shape index (κ3) is 3.98. The van der Waals surface area contributed by atoms with Crippen LogP contribution in [0.1, 0.15) is 46.3 Å². The van der Waals surface area contributed by atoms with Gasteiger partial charge in [0.2, 0.25) is 5.91 Å². The van der Waals surface area contributed by atoms with Crippen molar-refractivity contribution in [2.45, 2.75) is 25.4 Å². The molecule has 0 spiro atoms. The number of nitrogens with zero attached hydrogens (tertiary/aromatic N) is 2. The first-order chi connectivity index (χ1) is 16.2. The van der Waals surface area contributed by atoms with Crippen LogP contribution in [0.25, 0.3) is 22.6 Å². The van der Waals surface area contributed by atoms with E-state index in [1.54, 1.807) is 6.92 Å². The van der Waals surface area contributed by atoms with Crippen LogP contribution in [0.15, 0.2) is 54.7 Å². The van der Waals surface area contributed by atoms with Gasteiger partial charge in [0.15, 0.2) is 11.6 Å². The molecule has 4 aromatic rings. The van der Waals surface area contributed by atoms with Crippen molar-refractivity contribution in [2.24, 2.45) is 0 Å². The van der Waals surface area contributed by atoms with E-state index in [0.29, 0.717) is 18.1 Å². The molecule has 2 aromatic carbocycles. The Labute approximate surface area is 192 Å². The molecule has 1 saturated heterocycles. The summed E-state index contributed by atoms with van der Waals surface area (Å²) < 4.78 is 40.0. The van der Waals surface area contributed by atoms with Gasteiger partial charge >= 0.3 is 6.18 Å². The molecule has 3 heterocycles. The van der Waals surface area contributed by atoms with Crippen molar-refractivity contribution < 1.29 is 22.8 Å². The van der Waals surface area contributed by atoms with E-state index in [9.17, 15) is 22.8 Å². The highest BCUT2D eigenvalue weighted by Crippen LogP contribution is 2.34. The molecule has 6 nitrogen and oxygen atoms in total. The lowest BCUT2D eigenvalue weighted by molar-refractivity contribution is -0.137. The standard InChI is InChI=1S/C25H21F3N4O2/c1-14(33)32-9-8-16(13-32)15-6-7-20-21(10-15)31-24(30-20)22-11-17(12-29-22)23(34)18-4-2-3-5-19(18)25(26,27)28/h2-7,10-12,16,29H,8-9,13H2,1H3,(H,30,31)/t16-/m0/s1. The number of amides is 1. The van der Waals surface area contributed by atoms with Crippen LogP contribution in [0, 0.1) is 0 Å². The molecule has 0 saturated carbocycles. The van der Waals surface area contributed by atoms with Gasteiger partial charge in [-0.05, 0) is 36.2 Å². The largest absolute Gasteiger partial charge is 0.417 e. The SMILES string of the molecule is CC(=O)N1CC[C@H](c2ccc3nc(-c4cc(C(=O)c5ccccc5C(F)(F)F)c[nH]4)[nH]c3c2)C1. The molecular weight excluding hydrogens is 445 g/mol. The van der Waals surface area contributed by atoms with Gasteiger partial charge in [-0.25, -0.2) is 4.98 Å². The Bertz CT molecular complexity index is 1400. The lowest BCUT2D eigenvalue weighted by Crippen LogP contribution is -2.25. The first-order valence-electron chi connectivity index (χ1n) is 10.9. The number of likely N-dealkylation sites (tertiary alicyclic amines) is 1. The molecule has 1 fully saturated rings. The number of H-pyrrole nitrogens is 2. The smallest absolute Gasteiger partial charge is 0.358 e. The second kappa shape index (κ2) is 8.16. The van der Waals surface area contributed by atoms with Crippen molar-refractivity contribution in [3.8, 4) is 11.5 Å². The summed E-state index contributed by atoms with van der Waals surface area (Å²) in [7, 11) is 0. The minimum Gasteiger partial charge on any atom is -0.358 e. The van der Waals surface area contributed by atoms with E-state index in [2.05, 4.69) is 15.0 Å². The number of alkyl halides is 3. The number of nitrogens with one attached hydrogen (secondary N) is 2. The Morgan fingerprint density at radius 3 is 2.65 bits per heavy atom. The molecule has 0 aliphatic carbocycles. The zero-order valence-electron chi connectivity index (χ0n) is 18.2. The van der Waals surface area contributed by atoms with Crippen LogP contribution in [0.3, 0.4) is 0 Å². The maximum Gasteiger partial charge on any atom is 0.417 e. The predicted molar refractivity (Wildman–Crippen MR) is 120 cm³/mol. The van der Waals surface area contributed by atoms with Gasteiger partial charge in [-0.1, -0.05) is 24.3 Å². The summed E-state index contributed by atoms with van der Waals surface area (Å²) in [6, 6.07) is 12.1. The molecule has 0 unspecified atom stereocenters. The Morgan fingerprint density at radius 1 is 1.12 bits per heavy atom. The summed E-state index contributed by atoms with van der Waals surface area (Å²) in [6.45, 7) is 3.00. The fraction of sp³-hybridized carbons (Fsp3) is 0.240. The average Bonchev–Trinajstić information content (AvgIpc) is 3.56. The Hall–Kier alpha value is -3.88. The van der Waals surface area contributed by atoms with E-state index in [4.69, 9.17) is 0 Å². The topological polar surface area (TPSA) is 81.8 Å². The summed E-state index contributed by atoms with van der Waals surface area (Å²) in [4.78, 5) is 37.0. The summed E-state index contributed by atoms with van der Waals surface area (Å²) in [5, 5.41) is 0. The average molecular weight is 466 g/mol. The van der Waals surface area contributed by atoms with Crippen molar-refractivity contribution in [2.75, 3.05) is 13.1 Å². The van der Waals surface area contributed by atoms with Crippen molar-refractivity contribution in [3.63, 3.8) is 0 Å². The normalized spacial score (nSPS) is 16.4. The van der Waals surface area contributed by atoms with E-state index in [-0.39, 0.29) is 17.4 Å². The second-order valence-electron chi connectivity index (χ2n) is 8.49. The summed E-state index contributed by atoms with van der Waals surface area (Å²) in [5.41, 5.74) is 1.89. The fourth-order valence-corrected chi connectivity index (χ4v) is 4.47. The number of hydrogen-bond acceptors (Lipinski definition) is 3. The quantitative estimate of drug-likeness (QED) is 0.409. The number of carbonyl (C=O) groups excluding carboxylic acids is 2. The predicted octanol–water partition coefficient (Wildman–Crippen LogP) is 5.14. The van der Waals surface area contributed by atoms with Gasteiger partial charge in [0.25, 0.3) is 0 Å². The molecular formula is C25H21F3N4O2. The molecule has 2 aromatic heterocycles. The highest BCUT2D eigenvalue weighted by atomic mass is 19.4. The molecule has 1 aliphatic rings. The Morgan fingerprint density at radius 2 is 1.91 bits per heavy atom. The number of benzene rings is 2. The second-order valence-corrected chi connectivity index (χ2v) is 8.49. The maximum atomic E-state index is 13.3. The highest BCUT2D eigenvalue weighted by Gasteiger charge is 2.35. The number of hydrogen-bond donors (Lipinski definition) is 2. The number of aromatic nitrogens is 3. The van der Waals surface area contributed by atoms with Gasteiger partial charge in [0, 0.05) is 43.3 Å². The van der Waals surface area contributed by atoms with Crippen molar-refractivity contribution in [1.29, 1.82) is 0 Å². The molecule has 34 heavy (non-hydrogen) atoms. The molecule has 0 bridgehead atoms. The molecule has 5 rings (SSSR count). The van der Waals surface area contributed by atoms with E-state index < -0.39 is 23.1 Å². The van der Waals surface area contributed by atoms with Crippen LogP contribution in [-0.4, -0.2) is 44.6 Å². The van der Waals surface area contributed by atoms with Gasteiger partial charge in [-0.2, -0.15) is 13.2 Å².